The fourth-order valence-corrected chi connectivity index (χ4v) is 1.27. The van der Waals surface area contributed by atoms with Gasteiger partial charge in [0.25, 0.3) is 5.69 Å². The second-order valence-corrected chi connectivity index (χ2v) is 2.95. The standard InChI is InChI=1S/C11H9N2O2/c1-3-8(2)9-5-4-6-11(13(14)15)10(9)7-12/h3-6,8H,1-2H2. The Morgan fingerprint density at radius 2 is 2.27 bits per heavy atom. The van der Waals surface area contributed by atoms with Gasteiger partial charge in [-0.25, -0.2) is 0 Å². The SMILES string of the molecule is [CH2]C(C=C)c1cccc([N+](=O)[O-])c1C#N. The summed E-state index contributed by atoms with van der Waals surface area (Å²) in [5, 5.41) is 19.5. The highest BCUT2D eigenvalue weighted by Gasteiger charge is 2.18. The van der Waals surface area contributed by atoms with Gasteiger partial charge in [0.2, 0.25) is 0 Å². The van der Waals surface area contributed by atoms with Crippen molar-refractivity contribution in [2.75, 3.05) is 0 Å². The van der Waals surface area contributed by atoms with Crippen LogP contribution in [0.5, 0.6) is 0 Å². The molecular weight excluding hydrogens is 192 g/mol. The van der Waals surface area contributed by atoms with Gasteiger partial charge in [-0.1, -0.05) is 18.2 Å². The maximum Gasteiger partial charge on any atom is 0.287 e. The van der Waals surface area contributed by atoms with E-state index in [4.69, 9.17) is 5.26 Å². The molecule has 75 valence electrons. The number of benzene rings is 1. The summed E-state index contributed by atoms with van der Waals surface area (Å²) in [5.74, 6) is -0.320. The molecule has 1 atom stereocenters. The lowest BCUT2D eigenvalue weighted by Gasteiger charge is -2.07. The number of rotatable bonds is 3. The number of nitrogens with zero attached hydrogens (tertiary/aromatic N) is 2. The van der Waals surface area contributed by atoms with Crippen molar-refractivity contribution in [3.8, 4) is 6.07 Å². The second kappa shape index (κ2) is 4.38. The monoisotopic (exact) mass is 201 g/mol. The number of nitro groups is 1. The van der Waals surface area contributed by atoms with Crippen LogP contribution in [0.3, 0.4) is 0 Å². The van der Waals surface area contributed by atoms with E-state index in [0.29, 0.717) is 5.56 Å². The topological polar surface area (TPSA) is 66.9 Å². The third-order valence-electron chi connectivity index (χ3n) is 2.07. The zero-order valence-electron chi connectivity index (χ0n) is 8.01. The van der Waals surface area contributed by atoms with Gasteiger partial charge in [-0.15, -0.1) is 6.58 Å². The molecular formula is C11H9N2O2. The number of nitriles is 1. The molecule has 0 saturated heterocycles. The Hall–Kier alpha value is -2.15. The second-order valence-electron chi connectivity index (χ2n) is 2.95. The van der Waals surface area contributed by atoms with Crippen LogP contribution in [0.4, 0.5) is 5.69 Å². The van der Waals surface area contributed by atoms with Crippen LogP contribution in [-0.2, 0) is 0 Å². The van der Waals surface area contributed by atoms with E-state index in [0.717, 1.165) is 0 Å². The lowest BCUT2D eigenvalue weighted by molar-refractivity contribution is -0.385. The molecule has 0 heterocycles. The molecule has 0 amide bonds. The molecule has 15 heavy (non-hydrogen) atoms. The normalized spacial score (nSPS) is 11.5. The first-order chi connectivity index (χ1) is 7.11. The molecule has 1 radical (unpaired) electrons. The quantitative estimate of drug-likeness (QED) is 0.428. The largest absolute Gasteiger partial charge is 0.287 e. The molecule has 1 aromatic carbocycles. The molecule has 0 aromatic heterocycles. The minimum atomic E-state index is -0.572. The van der Waals surface area contributed by atoms with Crippen LogP contribution in [0, 0.1) is 28.4 Å². The predicted octanol–water partition coefficient (Wildman–Crippen LogP) is 2.57. The van der Waals surface area contributed by atoms with Crippen molar-refractivity contribution in [2.24, 2.45) is 0 Å². The van der Waals surface area contributed by atoms with Crippen LogP contribution in [0.15, 0.2) is 30.9 Å². The Morgan fingerprint density at radius 1 is 1.60 bits per heavy atom. The summed E-state index contributed by atoms with van der Waals surface area (Å²) >= 11 is 0. The zero-order chi connectivity index (χ0) is 11.4. The smallest absolute Gasteiger partial charge is 0.258 e. The summed E-state index contributed by atoms with van der Waals surface area (Å²) < 4.78 is 0. The van der Waals surface area contributed by atoms with Crippen molar-refractivity contribution in [3.05, 3.63) is 59.0 Å². The predicted molar refractivity (Wildman–Crippen MR) is 56.1 cm³/mol. The van der Waals surface area contributed by atoms with Crippen LogP contribution < -0.4 is 0 Å². The number of hydrogen-bond acceptors (Lipinski definition) is 3. The Bertz CT molecular complexity index is 446. The lowest BCUT2D eigenvalue weighted by Crippen LogP contribution is -1.99. The van der Waals surface area contributed by atoms with Gasteiger partial charge in [-0.3, -0.25) is 10.1 Å². The van der Waals surface area contributed by atoms with Gasteiger partial charge < -0.3 is 0 Å². The summed E-state index contributed by atoms with van der Waals surface area (Å²) in [6.07, 6.45) is 1.54. The van der Waals surface area contributed by atoms with Crippen LogP contribution in [0.25, 0.3) is 0 Å². The van der Waals surface area contributed by atoms with Crippen LogP contribution in [-0.4, -0.2) is 4.92 Å². The molecule has 0 bridgehead atoms. The Labute approximate surface area is 87.6 Å². The highest BCUT2D eigenvalue weighted by molar-refractivity contribution is 5.55. The van der Waals surface area contributed by atoms with Crippen molar-refractivity contribution in [2.45, 2.75) is 5.92 Å². The number of allylic oxidation sites excluding steroid dienone is 1. The molecule has 1 aromatic rings. The van der Waals surface area contributed by atoms with E-state index < -0.39 is 4.92 Å². The van der Waals surface area contributed by atoms with Gasteiger partial charge in [0.15, 0.2) is 0 Å². The highest BCUT2D eigenvalue weighted by Crippen LogP contribution is 2.27. The Morgan fingerprint density at radius 3 is 2.73 bits per heavy atom. The van der Waals surface area contributed by atoms with E-state index in [9.17, 15) is 10.1 Å². The van der Waals surface area contributed by atoms with Gasteiger partial charge in [0, 0.05) is 12.0 Å². The highest BCUT2D eigenvalue weighted by atomic mass is 16.6. The summed E-state index contributed by atoms with van der Waals surface area (Å²) in [7, 11) is 0. The van der Waals surface area contributed by atoms with Crippen LogP contribution >= 0.6 is 0 Å². The van der Waals surface area contributed by atoms with E-state index >= 15 is 0 Å². The van der Waals surface area contributed by atoms with E-state index in [1.54, 1.807) is 12.1 Å². The third kappa shape index (κ3) is 2.02. The lowest BCUT2D eigenvalue weighted by atomic mass is 9.95. The third-order valence-corrected chi connectivity index (χ3v) is 2.07. The number of nitro benzene ring substituents is 1. The molecule has 0 aliphatic carbocycles. The fraction of sp³-hybridized carbons (Fsp3) is 0.0909. The molecule has 0 spiro atoms. The molecule has 1 rings (SSSR count). The molecule has 0 saturated carbocycles. The minimum absolute atomic E-state index is 0.0578. The Kier molecular flexibility index (Phi) is 3.19. The van der Waals surface area contributed by atoms with Crippen molar-refractivity contribution in [3.63, 3.8) is 0 Å². The summed E-state index contributed by atoms with van der Waals surface area (Å²) in [6.45, 7) is 7.29. The van der Waals surface area contributed by atoms with Gasteiger partial charge >= 0.3 is 0 Å². The first-order valence-electron chi connectivity index (χ1n) is 4.24. The van der Waals surface area contributed by atoms with Crippen molar-refractivity contribution >= 4 is 5.69 Å². The summed E-state index contributed by atoms with van der Waals surface area (Å²) in [6, 6.07) is 6.32. The molecule has 1 unspecified atom stereocenters. The minimum Gasteiger partial charge on any atom is -0.258 e. The summed E-state index contributed by atoms with van der Waals surface area (Å²) in [4.78, 5) is 10.1. The van der Waals surface area contributed by atoms with Crippen molar-refractivity contribution in [1.82, 2.24) is 0 Å². The van der Waals surface area contributed by atoms with Crippen molar-refractivity contribution < 1.29 is 4.92 Å². The molecule has 0 fully saturated rings. The van der Waals surface area contributed by atoms with Crippen LogP contribution in [0.1, 0.15) is 17.0 Å². The average molecular weight is 201 g/mol. The molecule has 0 N–H and O–H groups in total. The zero-order valence-corrected chi connectivity index (χ0v) is 8.01. The molecule has 0 aliphatic rings. The van der Waals surface area contributed by atoms with E-state index in [1.165, 1.54) is 12.1 Å². The average Bonchev–Trinajstić information content (AvgIpc) is 2.26. The van der Waals surface area contributed by atoms with Gasteiger partial charge in [0.1, 0.15) is 11.6 Å². The first kappa shape index (κ1) is 10.9. The number of hydrogen-bond donors (Lipinski definition) is 0. The maximum atomic E-state index is 10.7. The fourth-order valence-electron chi connectivity index (χ4n) is 1.27. The van der Waals surface area contributed by atoms with Crippen molar-refractivity contribution in [1.29, 1.82) is 5.26 Å². The Balaban J connectivity index is 3.42. The molecule has 0 aliphatic heterocycles. The first-order valence-corrected chi connectivity index (χ1v) is 4.24. The summed E-state index contributed by atoms with van der Waals surface area (Å²) in [5.41, 5.74) is 0.398. The van der Waals surface area contributed by atoms with Crippen LogP contribution in [0.2, 0.25) is 0 Å². The van der Waals surface area contributed by atoms with Gasteiger partial charge in [-0.2, -0.15) is 5.26 Å². The maximum absolute atomic E-state index is 10.7. The van der Waals surface area contributed by atoms with E-state index in [1.807, 2.05) is 6.07 Å². The van der Waals surface area contributed by atoms with Gasteiger partial charge in [0.05, 0.1) is 4.92 Å². The van der Waals surface area contributed by atoms with E-state index in [2.05, 4.69) is 13.5 Å². The van der Waals surface area contributed by atoms with E-state index in [-0.39, 0.29) is 17.2 Å². The molecule has 4 heteroatoms. The van der Waals surface area contributed by atoms with Gasteiger partial charge in [-0.05, 0) is 12.5 Å². The molecule has 4 nitrogen and oxygen atoms in total.